The summed E-state index contributed by atoms with van der Waals surface area (Å²) in [7, 11) is 0. The second-order valence-corrected chi connectivity index (χ2v) is 1.70. The van der Waals surface area contributed by atoms with Crippen LogP contribution in [0.15, 0.2) is 0 Å². The van der Waals surface area contributed by atoms with Crippen LogP contribution in [-0.2, 0) is 4.74 Å². The van der Waals surface area contributed by atoms with Crippen LogP contribution in [0.3, 0.4) is 0 Å². The first-order valence-corrected chi connectivity index (χ1v) is 2.22. The lowest BCUT2D eigenvalue weighted by Crippen LogP contribution is -2.03. The quantitative estimate of drug-likeness (QED) is 0.327. The zero-order chi connectivity index (χ0) is 4.41. The molecule has 0 bridgehead atoms. The van der Waals surface area contributed by atoms with Crippen LogP contribution in [0.1, 0.15) is 0 Å². The van der Waals surface area contributed by atoms with Gasteiger partial charge >= 0.3 is 23.1 Å². The van der Waals surface area contributed by atoms with Gasteiger partial charge in [0.25, 0.3) is 0 Å². The summed E-state index contributed by atoms with van der Waals surface area (Å²) in [5.74, 6) is 0. The largest absolute Gasteiger partial charge is 0.363 e. The molecular weight excluding hydrogens is 126 g/mol. The molecule has 40 valence electrons. The average Bonchev–Trinajstić information content (AvgIpc) is 1.86. The maximum absolute atomic E-state index is 5.42. The molecule has 0 radical (unpaired) electrons. The summed E-state index contributed by atoms with van der Waals surface area (Å²) in [6, 6.07) is 0. The van der Waals surface area contributed by atoms with Gasteiger partial charge in [-0.15, -0.1) is 0 Å². The molecule has 0 N–H and O–H groups in total. The summed E-state index contributed by atoms with van der Waals surface area (Å²) >= 11 is 5.42. The Balaban J connectivity index is 0.000000360. The summed E-state index contributed by atoms with van der Waals surface area (Å²) in [6.45, 7) is 2.23. The summed E-state index contributed by atoms with van der Waals surface area (Å²) in [4.78, 5) is 0. The van der Waals surface area contributed by atoms with Crippen molar-refractivity contribution in [2.75, 3.05) is 19.9 Å². The molecule has 0 aromatic rings. The molecule has 1 aliphatic heterocycles. The fourth-order valence-electron chi connectivity index (χ4n) is 0.392. The van der Waals surface area contributed by atoms with E-state index in [-0.39, 0.29) is 23.1 Å². The zero-order valence-corrected chi connectivity index (χ0v) is 4.11. The highest BCUT2D eigenvalue weighted by atomic mass is 35.5. The van der Waals surface area contributed by atoms with Crippen molar-refractivity contribution in [1.29, 1.82) is 0 Å². The maximum Gasteiger partial charge on any atom is 0.316 e. The Morgan fingerprint density at radius 3 is 2.43 bits per heavy atom. The van der Waals surface area contributed by atoms with E-state index in [9.17, 15) is 0 Å². The van der Waals surface area contributed by atoms with Gasteiger partial charge < -0.3 is 4.74 Å². The van der Waals surface area contributed by atoms with Crippen molar-refractivity contribution < 1.29 is 4.74 Å². The van der Waals surface area contributed by atoms with Crippen LogP contribution in [0.5, 0.6) is 0 Å². The Kier molecular flexibility index (Phi) is 4.46. The Bertz CT molecular complexity index is 48.2. The van der Waals surface area contributed by atoms with Gasteiger partial charge in [-0.25, -0.2) is 0 Å². The predicted octanol–water partition coefficient (Wildman–Crippen LogP) is -0.486. The highest BCUT2D eigenvalue weighted by molar-refractivity contribution is 6.13. The standard InChI is InChI=1S/C3H6ClNO.Mg.2H/c4-5-1-2-6-3-5;;;/h1-3H2;;;. The van der Waals surface area contributed by atoms with Crippen molar-refractivity contribution in [2.45, 2.75) is 0 Å². The fraction of sp³-hybridized carbons (Fsp3) is 1.00. The molecule has 1 heterocycles. The third-order valence-electron chi connectivity index (χ3n) is 0.710. The lowest BCUT2D eigenvalue weighted by atomic mass is 10.7. The molecule has 0 saturated carbocycles. The minimum atomic E-state index is 0. The van der Waals surface area contributed by atoms with Gasteiger partial charge in [0, 0.05) is 6.54 Å². The second kappa shape index (κ2) is 3.92. The van der Waals surface area contributed by atoms with Gasteiger partial charge in [0.05, 0.1) is 6.61 Å². The van der Waals surface area contributed by atoms with Gasteiger partial charge in [-0.1, -0.05) is 0 Å². The molecule has 0 aliphatic carbocycles. The third kappa shape index (κ3) is 2.72. The van der Waals surface area contributed by atoms with E-state index in [4.69, 9.17) is 16.5 Å². The van der Waals surface area contributed by atoms with Gasteiger partial charge in [0.1, 0.15) is 6.73 Å². The summed E-state index contributed by atoms with van der Waals surface area (Å²) < 4.78 is 6.46. The first-order valence-electron chi connectivity index (χ1n) is 1.88. The molecule has 0 spiro atoms. The molecule has 1 saturated heterocycles. The number of halogens is 1. The number of ether oxygens (including phenoxy) is 1. The van der Waals surface area contributed by atoms with Crippen molar-refractivity contribution in [2.24, 2.45) is 0 Å². The van der Waals surface area contributed by atoms with E-state index in [1.165, 1.54) is 0 Å². The highest BCUT2D eigenvalue weighted by Gasteiger charge is 2.06. The van der Waals surface area contributed by atoms with Crippen molar-refractivity contribution in [1.82, 2.24) is 4.42 Å². The van der Waals surface area contributed by atoms with Crippen LogP contribution < -0.4 is 0 Å². The highest BCUT2D eigenvalue weighted by Crippen LogP contribution is 1.99. The van der Waals surface area contributed by atoms with E-state index in [1.54, 1.807) is 4.42 Å². The molecule has 0 amide bonds. The van der Waals surface area contributed by atoms with Gasteiger partial charge in [0.15, 0.2) is 0 Å². The van der Waals surface area contributed by atoms with E-state index in [0.717, 1.165) is 13.2 Å². The van der Waals surface area contributed by atoms with E-state index in [1.807, 2.05) is 0 Å². The average molecular weight is 134 g/mol. The first kappa shape index (κ1) is 7.98. The second-order valence-electron chi connectivity index (χ2n) is 1.22. The van der Waals surface area contributed by atoms with Crippen LogP contribution in [0.25, 0.3) is 0 Å². The van der Waals surface area contributed by atoms with Gasteiger partial charge in [0.2, 0.25) is 0 Å². The molecule has 0 atom stereocenters. The fourth-order valence-corrected chi connectivity index (χ4v) is 0.530. The molecule has 1 fully saturated rings. The van der Waals surface area contributed by atoms with Crippen LogP contribution >= 0.6 is 11.8 Å². The molecule has 4 heteroatoms. The lowest BCUT2D eigenvalue weighted by molar-refractivity contribution is 0.173. The molecule has 1 aliphatic rings. The molecule has 0 aromatic heterocycles. The Labute approximate surface area is 64.0 Å². The van der Waals surface area contributed by atoms with E-state index in [2.05, 4.69) is 0 Å². The molecule has 0 unspecified atom stereocenters. The Morgan fingerprint density at radius 2 is 2.29 bits per heavy atom. The smallest absolute Gasteiger partial charge is 0.316 e. The first-order chi connectivity index (χ1) is 2.89. The van der Waals surface area contributed by atoms with Crippen LogP contribution in [0.4, 0.5) is 0 Å². The van der Waals surface area contributed by atoms with Gasteiger partial charge in [-0.3, -0.25) is 0 Å². The molecule has 2 nitrogen and oxygen atoms in total. The molecule has 1 rings (SSSR count). The monoisotopic (exact) mass is 133 g/mol. The Morgan fingerprint density at radius 1 is 1.57 bits per heavy atom. The van der Waals surface area contributed by atoms with Gasteiger partial charge in [-0.2, -0.15) is 4.42 Å². The van der Waals surface area contributed by atoms with Crippen molar-refractivity contribution in [3.8, 4) is 0 Å². The third-order valence-corrected chi connectivity index (χ3v) is 0.976. The summed E-state index contributed by atoms with van der Waals surface area (Å²) in [5.41, 5.74) is 0. The SMILES string of the molecule is ClN1CCOC1.[MgH2]. The number of hydrogen-bond acceptors (Lipinski definition) is 2. The van der Waals surface area contributed by atoms with E-state index in [0.29, 0.717) is 6.73 Å². The van der Waals surface area contributed by atoms with E-state index < -0.39 is 0 Å². The van der Waals surface area contributed by atoms with Gasteiger partial charge in [-0.05, 0) is 11.8 Å². The molecular formula is C3H8ClMgNO. The maximum atomic E-state index is 5.42. The minimum Gasteiger partial charge on any atom is -0.363 e. The number of nitrogens with zero attached hydrogens (tertiary/aromatic N) is 1. The van der Waals surface area contributed by atoms with Crippen LogP contribution in [0, 0.1) is 0 Å². The summed E-state index contributed by atoms with van der Waals surface area (Å²) in [5, 5.41) is 0. The molecule has 7 heavy (non-hydrogen) atoms. The summed E-state index contributed by atoms with van der Waals surface area (Å²) in [6.07, 6.45) is 0. The van der Waals surface area contributed by atoms with Crippen LogP contribution in [-0.4, -0.2) is 47.4 Å². The molecule has 0 aromatic carbocycles. The zero-order valence-electron chi connectivity index (χ0n) is 3.35. The Hall–Kier alpha value is 0.976. The predicted molar refractivity (Wildman–Crippen MR) is 31.9 cm³/mol. The van der Waals surface area contributed by atoms with E-state index >= 15 is 0 Å². The van der Waals surface area contributed by atoms with Crippen molar-refractivity contribution in [3.05, 3.63) is 0 Å². The normalized spacial score (nSPS) is 21.9. The van der Waals surface area contributed by atoms with Crippen LogP contribution in [0.2, 0.25) is 0 Å². The van der Waals surface area contributed by atoms with Crippen molar-refractivity contribution in [3.63, 3.8) is 0 Å². The number of hydrogen-bond donors (Lipinski definition) is 0. The number of rotatable bonds is 0. The lowest BCUT2D eigenvalue weighted by Gasteiger charge is -1.93. The topological polar surface area (TPSA) is 12.5 Å². The minimum absolute atomic E-state index is 0. The van der Waals surface area contributed by atoms with Crippen molar-refractivity contribution >= 4 is 34.8 Å².